The van der Waals surface area contributed by atoms with Crippen LogP contribution in [0.5, 0.6) is 0 Å². The Hall–Kier alpha value is -2.39. The lowest BCUT2D eigenvalue weighted by molar-refractivity contribution is 0.600. The summed E-state index contributed by atoms with van der Waals surface area (Å²) in [5.41, 5.74) is 2.00. The molecule has 0 aliphatic rings. The molecule has 6 heteroatoms. The lowest BCUT2D eigenvalue weighted by Crippen LogP contribution is -2.15. The first-order valence-electron chi connectivity index (χ1n) is 5.89. The van der Waals surface area contributed by atoms with Gasteiger partial charge in [-0.1, -0.05) is 0 Å². The topological polar surface area (TPSA) is 82.8 Å². The molecule has 0 unspecified atom stereocenters. The van der Waals surface area contributed by atoms with E-state index in [-0.39, 0.29) is 4.90 Å². The molecule has 0 aliphatic heterocycles. The zero-order valence-corrected chi connectivity index (χ0v) is 11.9. The molecule has 0 amide bonds. The highest BCUT2D eigenvalue weighted by molar-refractivity contribution is 7.92. The second-order valence-electron chi connectivity index (χ2n) is 4.33. The molecule has 0 atom stereocenters. The summed E-state index contributed by atoms with van der Waals surface area (Å²) in [7, 11) is -3.69. The van der Waals surface area contributed by atoms with Crippen LogP contribution in [0.25, 0.3) is 0 Å². The fourth-order valence-corrected chi connectivity index (χ4v) is 3.16. The van der Waals surface area contributed by atoms with E-state index >= 15 is 0 Å². The molecule has 0 saturated carbocycles. The first kappa shape index (κ1) is 14.0. The number of nitrogens with zero attached hydrogens (tertiary/aromatic N) is 2. The quantitative estimate of drug-likeness (QED) is 0.939. The van der Waals surface area contributed by atoms with Crippen molar-refractivity contribution in [2.24, 2.45) is 0 Å². The predicted molar refractivity (Wildman–Crippen MR) is 75.7 cm³/mol. The molecule has 1 aromatic heterocycles. The molecule has 0 fully saturated rings. The van der Waals surface area contributed by atoms with E-state index in [4.69, 9.17) is 5.26 Å². The minimum absolute atomic E-state index is 0.153. The van der Waals surface area contributed by atoms with Crippen molar-refractivity contribution in [1.29, 1.82) is 5.26 Å². The van der Waals surface area contributed by atoms with Gasteiger partial charge in [0.1, 0.15) is 0 Å². The number of aryl methyl sites for hydroxylation is 2. The molecule has 0 radical (unpaired) electrons. The van der Waals surface area contributed by atoms with Crippen LogP contribution in [-0.4, -0.2) is 13.4 Å². The summed E-state index contributed by atoms with van der Waals surface area (Å²) in [5.74, 6) is 0. The number of nitriles is 1. The lowest BCUT2D eigenvalue weighted by atomic mass is 10.2. The summed E-state index contributed by atoms with van der Waals surface area (Å²) < 4.78 is 27.2. The monoisotopic (exact) mass is 287 g/mol. The summed E-state index contributed by atoms with van der Waals surface area (Å²) in [6.07, 6.45) is 1.60. The van der Waals surface area contributed by atoms with E-state index < -0.39 is 10.0 Å². The zero-order valence-electron chi connectivity index (χ0n) is 11.1. The molecule has 5 nitrogen and oxygen atoms in total. The third kappa shape index (κ3) is 2.78. The summed E-state index contributed by atoms with van der Waals surface area (Å²) in [4.78, 5) is 4.19. The second-order valence-corrected chi connectivity index (χ2v) is 5.98. The average molecular weight is 287 g/mol. The molecule has 2 aromatic rings. The van der Waals surface area contributed by atoms with Crippen LogP contribution in [0.4, 0.5) is 5.69 Å². The summed E-state index contributed by atoms with van der Waals surface area (Å²) in [6, 6.07) is 9.76. The number of pyridine rings is 1. The molecule has 0 aliphatic carbocycles. The van der Waals surface area contributed by atoms with Gasteiger partial charge >= 0.3 is 0 Å². The van der Waals surface area contributed by atoms with E-state index in [1.807, 2.05) is 6.07 Å². The smallest absolute Gasteiger partial charge is 0.262 e. The highest BCUT2D eigenvalue weighted by Crippen LogP contribution is 2.21. The average Bonchev–Trinajstić information content (AvgIpc) is 2.40. The van der Waals surface area contributed by atoms with Crippen LogP contribution in [0.1, 0.15) is 16.8 Å². The van der Waals surface area contributed by atoms with Crippen LogP contribution in [0.2, 0.25) is 0 Å². The molecule has 2 rings (SSSR count). The van der Waals surface area contributed by atoms with Gasteiger partial charge in [-0.15, -0.1) is 0 Å². The maximum atomic E-state index is 12.4. The van der Waals surface area contributed by atoms with Crippen molar-refractivity contribution >= 4 is 15.7 Å². The Morgan fingerprint density at radius 2 is 2.00 bits per heavy atom. The minimum atomic E-state index is -3.69. The third-order valence-corrected chi connectivity index (χ3v) is 4.37. The number of benzene rings is 1. The number of aromatic nitrogens is 1. The summed E-state index contributed by atoms with van der Waals surface area (Å²) in [5, 5.41) is 8.80. The Labute approximate surface area is 118 Å². The molecular formula is C14H13N3O2S. The SMILES string of the molecule is Cc1cc(C#N)ccc1S(=O)(=O)Nc1cccnc1C. The van der Waals surface area contributed by atoms with E-state index in [1.54, 1.807) is 38.2 Å². The molecule has 20 heavy (non-hydrogen) atoms. The Morgan fingerprint density at radius 3 is 2.60 bits per heavy atom. The Bertz CT molecular complexity index is 792. The van der Waals surface area contributed by atoms with Crippen molar-refractivity contribution < 1.29 is 8.42 Å². The number of rotatable bonds is 3. The maximum absolute atomic E-state index is 12.4. The van der Waals surface area contributed by atoms with E-state index in [0.29, 0.717) is 22.5 Å². The molecule has 0 spiro atoms. The van der Waals surface area contributed by atoms with Gasteiger partial charge in [-0.3, -0.25) is 9.71 Å². The summed E-state index contributed by atoms with van der Waals surface area (Å²) in [6.45, 7) is 3.38. The normalized spacial score (nSPS) is 10.8. The van der Waals surface area contributed by atoms with E-state index in [2.05, 4.69) is 9.71 Å². The van der Waals surface area contributed by atoms with Gasteiger partial charge in [-0.2, -0.15) is 5.26 Å². The van der Waals surface area contributed by atoms with Gasteiger partial charge in [-0.05, 0) is 49.7 Å². The Balaban J connectivity index is 2.42. The number of hydrogen-bond donors (Lipinski definition) is 1. The number of hydrogen-bond acceptors (Lipinski definition) is 4. The fourth-order valence-electron chi connectivity index (χ4n) is 1.81. The summed E-state index contributed by atoms with van der Waals surface area (Å²) >= 11 is 0. The lowest BCUT2D eigenvalue weighted by Gasteiger charge is -2.11. The number of anilines is 1. The van der Waals surface area contributed by atoms with Crippen LogP contribution in [0, 0.1) is 25.2 Å². The van der Waals surface area contributed by atoms with Gasteiger partial charge < -0.3 is 0 Å². The molecular weight excluding hydrogens is 274 g/mol. The van der Waals surface area contributed by atoms with Crippen LogP contribution in [0.3, 0.4) is 0 Å². The molecule has 0 saturated heterocycles. The van der Waals surface area contributed by atoms with Crippen molar-refractivity contribution in [1.82, 2.24) is 4.98 Å². The van der Waals surface area contributed by atoms with Crippen LogP contribution in [-0.2, 0) is 10.0 Å². The van der Waals surface area contributed by atoms with Gasteiger partial charge in [0.05, 0.1) is 27.9 Å². The number of nitrogens with one attached hydrogen (secondary N) is 1. The van der Waals surface area contributed by atoms with Crippen molar-refractivity contribution in [3.8, 4) is 6.07 Å². The Morgan fingerprint density at radius 1 is 1.25 bits per heavy atom. The van der Waals surface area contributed by atoms with E-state index in [1.165, 1.54) is 12.1 Å². The first-order valence-corrected chi connectivity index (χ1v) is 7.37. The van der Waals surface area contributed by atoms with Gasteiger partial charge in [0.15, 0.2) is 0 Å². The highest BCUT2D eigenvalue weighted by Gasteiger charge is 2.18. The largest absolute Gasteiger partial charge is 0.278 e. The van der Waals surface area contributed by atoms with E-state index in [0.717, 1.165) is 0 Å². The van der Waals surface area contributed by atoms with Gasteiger partial charge in [-0.25, -0.2) is 8.42 Å². The van der Waals surface area contributed by atoms with Crippen LogP contribution >= 0.6 is 0 Å². The van der Waals surface area contributed by atoms with E-state index in [9.17, 15) is 8.42 Å². The van der Waals surface area contributed by atoms with Gasteiger partial charge in [0.2, 0.25) is 0 Å². The van der Waals surface area contributed by atoms with Gasteiger partial charge in [0, 0.05) is 6.20 Å². The first-order chi connectivity index (χ1) is 9.44. The fraction of sp³-hybridized carbons (Fsp3) is 0.143. The van der Waals surface area contributed by atoms with Crippen LogP contribution < -0.4 is 4.72 Å². The Kier molecular flexibility index (Phi) is 3.72. The molecule has 102 valence electrons. The van der Waals surface area contributed by atoms with Crippen molar-refractivity contribution in [2.75, 3.05) is 4.72 Å². The number of sulfonamides is 1. The zero-order chi connectivity index (χ0) is 14.8. The second kappa shape index (κ2) is 5.31. The van der Waals surface area contributed by atoms with Crippen LogP contribution in [0.15, 0.2) is 41.4 Å². The molecule has 1 heterocycles. The van der Waals surface area contributed by atoms with Crippen molar-refractivity contribution in [3.63, 3.8) is 0 Å². The molecule has 1 N–H and O–H groups in total. The third-order valence-electron chi connectivity index (χ3n) is 2.84. The molecule has 0 bridgehead atoms. The minimum Gasteiger partial charge on any atom is -0.278 e. The van der Waals surface area contributed by atoms with Crippen molar-refractivity contribution in [3.05, 3.63) is 53.3 Å². The molecule has 1 aromatic carbocycles. The van der Waals surface area contributed by atoms with Gasteiger partial charge in [0.25, 0.3) is 10.0 Å². The highest BCUT2D eigenvalue weighted by atomic mass is 32.2. The standard InChI is InChI=1S/C14H13N3O2S/c1-10-8-12(9-15)5-6-14(10)20(18,19)17-13-4-3-7-16-11(13)2/h3-8,17H,1-2H3. The maximum Gasteiger partial charge on any atom is 0.262 e. The predicted octanol–water partition coefficient (Wildman–Crippen LogP) is 2.37. The van der Waals surface area contributed by atoms with Crippen molar-refractivity contribution in [2.45, 2.75) is 18.7 Å².